The van der Waals surface area contributed by atoms with E-state index in [2.05, 4.69) is 10.9 Å². The Bertz CT molecular complexity index is 1060. The van der Waals surface area contributed by atoms with Crippen molar-refractivity contribution in [3.63, 3.8) is 0 Å². The van der Waals surface area contributed by atoms with Crippen molar-refractivity contribution in [2.24, 2.45) is 0 Å². The molecule has 0 bridgehead atoms. The summed E-state index contributed by atoms with van der Waals surface area (Å²) < 4.78 is 10.8. The van der Waals surface area contributed by atoms with Gasteiger partial charge >= 0.3 is 6.03 Å². The minimum absolute atomic E-state index is 0.0655. The predicted molar refractivity (Wildman–Crippen MR) is 110 cm³/mol. The number of rotatable bonds is 5. The Hall–Kier alpha value is -3.78. The van der Waals surface area contributed by atoms with Crippen LogP contribution in [0.15, 0.2) is 65.1 Å². The number of hydrazine groups is 1. The lowest BCUT2D eigenvalue weighted by Gasteiger charge is -2.10. The Labute approximate surface area is 177 Å². The third-order valence-corrected chi connectivity index (χ3v) is 4.21. The molecular formula is C21H18ClN3O5. The number of aryl methyl sites for hydroxylation is 1. The molecule has 0 aliphatic rings. The molecule has 0 unspecified atom stereocenters. The SMILES string of the molecule is Cc1ccccc1OCC(=O)NNC(=O)NC(=O)c1ccc(-c2ccc(Cl)cc2)o1. The van der Waals surface area contributed by atoms with E-state index in [1.54, 1.807) is 42.5 Å². The molecule has 0 fully saturated rings. The van der Waals surface area contributed by atoms with E-state index in [1.807, 2.05) is 24.4 Å². The van der Waals surface area contributed by atoms with Crippen LogP contribution in [-0.2, 0) is 4.79 Å². The van der Waals surface area contributed by atoms with Crippen LogP contribution < -0.4 is 20.9 Å². The van der Waals surface area contributed by atoms with Crippen LogP contribution >= 0.6 is 11.6 Å². The molecule has 2 aromatic carbocycles. The molecule has 0 saturated heterocycles. The van der Waals surface area contributed by atoms with Crippen LogP contribution in [0.2, 0.25) is 5.02 Å². The fourth-order valence-electron chi connectivity index (χ4n) is 2.45. The highest BCUT2D eigenvalue weighted by molar-refractivity contribution is 6.30. The molecule has 3 N–H and O–H groups in total. The maximum atomic E-state index is 12.1. The highest BCUT2D eigenvalue weighted by Gasteiger charge is 2.16. The second-order valence-corrected chi connectivity index (χ2v) is 6.62. The van der Waals surface area contributed by atoms with Crippen LogP contribution in [0.3, 0.4) is 0 Å². The highest BCUT2D eigenvalue weighted by atomic mass is 35.5. The van der Waals surface area contributed by atoms with Crippen LogP contribution in [0.5, 0.6) is 5.75 Å². The summed E-state index contributed by atoms with van der Waals surface area (Å²) >= 11 is 5.84. The first kappa shape index (κ1) is 20.9. The van der Waals surface area contributed by atoms with Crippen molar-refractivity contribution in [3.05, 3.63) is 77.0 Å². The van der Waals surface area contributed by atoms with E-state index in [4.69, 9.17) is 20.8 Å². The van der Waals surface area contributed by atoms with Crippen LogP contribution in [-0.4, -0.2) is 24.5 Å². The van der Waals surface area contributed by atoms with Gasteiger partial charge in [-0.05, 0) is 55.0 Å². The number of ether oxygens (including phenoxy) is 1. The fourth-order valence-corrected chi connectivity index (χ4v) is 2.58. The van der Waals surface area contributed by atoms with Crippen molar-refractivity contribution in [2.45, 2.75) is 6.92 Å². The van der Waals surface area contributed by atoms with E-state index < -0.39 is 17.8 Å². The van der Waals surface area contributed by atoms with Crippen molar-refractivity contribution in [2.75, 3.05) is 6.61 Å². The molecule has 8 nitrogen and oxygen atoms in total. The number of para-hydroxylation sites is 1. The van der Waals surface area contributed by atoms with Crippen molar-refractivity contribution in [1.82, 2.24) is 16.2 Å². The maximum absolute atomic E-state index is 12.1. The van der Waals surface area contributed by atoms with Gasteiger partial charge < -0.3 is 9.15 Å². The normalized spacial score (nSPS) is 10.2. The first-order valence-corrected chi connectivity index (χ1v) is 9.24. The summed E-state index contributed by atoms with van der Waals surface area (Å²) in [6.45, 7) is 1.54. The van der Waals surface area contributed by atoms with E-state index >= 15 is 0 Å². The number of furan rings is 1. The second kappa shape index (κ2) is 9.62. The van der Waals surface area contributed by atoms with Gasteiger partial charge in [-0.15, -0.1) is 0 Å². The van der Waals surface area contributed by atoms with E-state index in [9.17, 15) is 14.4 Å². The van der Waals surface area contributed by atoms with Crippen LogP contribution in [0.25, 0.3) is 11.3 Å². The molecule has 3 aromatic rings. The topological polar surface area (TPSA) is 110 Å². The van der Waals surface area contributed by atoms with Gasteiger partial charge in [-0.25, -0.2) is 10.2 Å². The zero-order valence-corrected chi connectivity index (χ0v) is 16.7. The number of halogens is 1. The molecule has 0 atom stereocenters. The fraction of sp³-hybridized carbons (Fsp3) is 0.0952. The smallest absolute Gasteiger partial charge is 0.340 e. The summed E-state index contributed by atoms with van der Waals surface area (Å²) in [5.74, 6) is -0.424. The predicted octanol–water partition coefficient (Wildman–Crippen LogP) is 3.46. The van der Waals surface area contributed by atoms with Crippen molar-refractivity contribution in [1.29, 1.82) is 0 Å². The number of imide groups is 1. The van der Waals surface area contributed by atoms with Gasteiger partial charge in [0.1, 0.15) is 11.5 Å². The molecular weight excluding hydrogens is 410 g/mol. The molecule has 30 heavy (non-hydrogen) atoms. The van der Waals surface area contributed by atoms with E-state index in [-0.39, 0.29) is 12.4 Å². The monoisotopic (exact) mass is 427 g/mol. The van der Waals surface area contributed by atoms with Gasteiger partial charge in [0.25, 0.3) is 11.8 Å². The molecule has 0 radical (unpaired) electrons. The Balaban J connectivity index is 1.45. The number of carbonyl (C=O) groups is 3. The molecule has 0 saturated carbocycles. The Kier molecular flexibility index (Phi) is 6.71. The summed E-state index contributed by atoms with van der Waals surface area (Å²) in [6.07, 6.45) is 0. The third kappa shape index (κ3) is 5.62. The molecule has 154 valence electrons. The van der Waals surface area contributed by atoms with Gasteiger partial charge in [0.05, 0.1) is 0 Å². The quantitative estimate of drug-likeness (QED) is 0.540. The van der Waals surface area contributed by atoms with Crippen LogP contribution in [0.1, 0.15) is 16.1 Å². The van der Waals surface area contributed by atoms with Gasteiger partial charge in [-0.1, -0.05) is 29.8 Å². The molecule has 9 heteroatoms. The van der Waals surface area contributed by atoms with Gasteiger partial charge in [0.15, 0.2) is 12.4 Å². The first-order valence-electron chi connectivity index (χ1n) is 8.87. The number of carbonyl (C=O) groups excluding carboxylic acids is 3. The third-order valence-electron chi connectivity index (χ3n) is 3.95. The van der Waals surface area contributed by atoms with Gasteiger partial charge in [0, 0.05) is 10.6 Å². The summed E-state index contributed by atoms with van der Waals surface area (Å²) in [4.78, 5) is 35.7. The van der Waals surface area contributed by atoms with Crippen molar-refractivity contribution in [3.8, 4) is 17.1 Å². The number of urea groups is 1. The number of benzene rings is 2. The van der Waals surface area contributed by atoms with Gasteiger partial charge in [-0.3, -0.25) is 20.3 Å². The maximum Gasteiger partial charge on any atom is 0.340 e. The lowest BCUT2D eigenvalue weighted by molar-refractivity contribution is -0.123. The molecule has 1 aromatic heterocycles. The van der Waals surface area contributed by atoms with Crippen LogP contribution in [0, 0.1) is 6.92 Å². The lowest BCUT2D eigenvalue weighted by Crippen LogP contribution is -2.49. The van der Waals surface area contributed by atoms with Crippen molar-refractivity contribution >= 4 is 29.4 Å². The largest absolute Gasteiger partial charge is 0.483 e. The van der Waals surface area contributed by atoms with E-state index in [0.717, 1.165) is 11.1 Å². The van der Waals surface area contributed by atoms with Gasteiger partial charge in [0.2, 0.25) is 0 Å². The molecule has 3 rings (SSSR count). The summed E-state index contributed by atoms with van der Waals surface area (Å²) in [5, 5.41) is 2.62. The zero-order chi connectivity index (χ0) is 21.5. The standard InChI is InChI=1S/C21H18ClN3O5/c1-13-4-2-3-5-16(13)29-12-19(26)24-25-21(28)23-20(27)18-11-10-17(30-18)14-6-8-15(22)9-7-14/h2-11H,12H2,1H3,(H,24,26)(H2,23,25,27,28). The minimum atomic E-state index is -0.923. The number of hydrogen-bond acceptors (Lipinski definition) is 5. The molecule has 0 aliphatic heterocycles. The number of amides is 4. The summed E-state index contributed by atoms with van der Waals surface area (Å²) in [5.41, 5.74) is 5.81. The van der Waals surface area contributed by atoms with E-state index in [0.29, 0.717) is 16.5 Å². The molecule has 1 heterocycles. The Morgan fingerprint density at radius 1 is 0.967 bits per heavy atom. The van der Waals surface area contributed by atoms with E-state index in [1.165, 1.54) is 6.07 Å². The first-order chi connectivity index (χ1) is 14.4. The van der Waals surface area contributed by atoms with Crippen molar-refractivity contribution < 1.29 is 23.5 Å². The highest BCUT2D eigenvalue weighted by Crippen LogP contribution is 2.23. The average Bonchev–Trinajstić information content (AvgIpc) is 3.22. The Morgan fingerprint density at radius 3 is 2.43 bits per heavy atom. The number of hydrogen-bond donors (Lipinski definition) is 3. The molecule has 0 spiro atoms. The number of nitrogens with one attached hydrogen (secondary N) is 3. The second-order valence-electron chi connectivity index (χ2n) is 6.18. The average molecular weight is 428 g/mol. The van der Waals surface area contributed by atoms with Crippen LogP contribution in [0.4, 0.5) is 4.79 Å². The van der Waals surface area contributed by atoms with Gasteiger partial charge in [-0.2, -0.15) is 0 Å². The lowest BCUT2D eigenvalue weighted by atomic mass is 10.2. The molecule has 4 amide bonds. The summed E-state index contributed by atoms with van der Waals surface area (Å²) in [7, 11) is 0. The Morgan fingerprint density at radius 2 is 1.70 bits per heavy atom. The summed E-state index contributed by atoms with van der Waals surface area (Å²) in [6, 6.07) is 16.2. The molecule has 0 aliphatic carbocycles. The minimum Gasteiger partial charge on any atom is -0.483 e. The zero-order valence-electron chi connectivity index (χ0n) is 15.9.